The zero-order valence-electron chi connectivity index (χ0n) is 26.5. The van der Waals surface area contributed by atoms with Crippen molar-refractivity contribution in [2.75, 3.05) is 32.0 Å². The van der Waals surface area contributed by atoms with Crippen LogP contribution in [0.25, 0.3) is 16.9 Å². The van der Waals surface area contributed by atoms with Gasteiger partial charge in [0, 0.05) is 54.9 Å². The highest BCUT2D eigenvalue weighted by atomic mass is 35.5. The summed E-state index contributed by atoms with van der Waals surface area (Å²) in [7, 11) is 2.07. The van der Waals surface area contributed by atoms with Gasteiger partial charge in [0.15, 0.2) is 5.65 Å². The maximum Gasteiger partial charge on any atom is 0.387 e. The van der Waals surface area contributed by atoms with E-state index in [1.807, 2.05) is 0 Å². The Bertz CT molecular complexity index is 1820. The van der Waals surface area contributed by atoms with Crippen LogP contribution in [0.5, 0.6) is 5.75 Å². The number of amides is 2. The van der Waals surface area contributed by atoms with Crippen molar-refractivity contribution in [2.45, 2.75) is 64.1 Å². The predicted octanol–water partition coefficient (Wildman–Crippen LogP) is 5.50. The fourth-order valence-corrected chi connectivity index (χ4v) is 6.96. The molecule has 1 aliphatic carbocycles. The van der Waals surface area contributed by atoms with Gasteiger partial charge < -0.3 is 19.9 Å². The Hall–Kier alpha value is -4.61. The molecule has 252 valence electrons. The first-order valence-corrected chi connectivity index (χ1v) is 16.3. The molecule has 0 spiro atoms. The maximum atomic E-state index is 13.5. The normalized spacial score (nSPS) is 16.7. The van der Waals surface area contributed by atoms with E-state index in [1.165, 1.54) is 52.4 Å². The third-order valence-electron chi connectivity index (χ3n) is 9.28. The van der Waals surface area contributed by atoms with Crippen LogP contribution >= 0.6 is 11.6 Å². The van der Waals surface area contributed by atoms with E-state index in [0.29, 0.717) is 18.7 Å². The van der Waals surface area contributed by atoms with Crippen LogP contribution in [0, 0.1) is 16.7 Å². The SMILES string of the molecule is CN(CC1(C#N)CCCCC1)C1CCN(C(=O)Cn2cc(NC(=O)c3cnn4cccnc34)c(-c3cc(Cl)ccc3OC(F)F)n2)CC1. The number of nitriles is 1. The van der Waals surface area contributed by atoms with Gasteiger partial charge >= 0.3 is 6.61 Å². The molecule has 4 heterocycles. The molecule has 12 nitrogen and oxygen atoms in total. The predicted molar refractivity (Wildman–Crippen MR) is 174 cm³/mol. The Morgan fingerprint density at radius 3 is 2.73 bits per heavy atom. The number of anilines is 1. The Balaban J connectivity index is 1.19. The molecule has 0 atom stereocenters. The standard InChI is InChI=1S/C33H36ClF2N9O3/c1-42(21-33(20-37)10-3-2-4-11-33)23-8-14-43(15-9-23)28(46)19-44-18-26(40-31(47)25-17-39-45-13-5-12-38-30(25)45)29(41-44)24-16-22(34)6-7-27(24)48-32(35)36/h5-7,12-13,16-18,23,32H,2-4,8-11,14-15,19,21H2,1H3,(H,40,47). The number of nitrogens with zero attached hydrogens (tertiary/aromatic N) is 8. The molecule has 48 heavy (non-hydrogen) atoms. The van der Waals surface area contributed by atoms with E-state index in [4.69, 9.17) is 16.3 Å². The highest BCUT2D eigenvalue weighted by Crippen LogP contribution is 2.38. The van der Waals surface area contributed by atoms with Gasteiger partial charge in [-0.1, -0.05) is 30.9 Å². The lowest BCUT2D eigenvalue weighted by Crippen LogP contribution is -2.49. The number of benzene rings is 1. The number of likely N-dealkylation sites (tertiary alicyclic amines) is 1. The first kappa shape index (κ1) is 33.3. The zero-order valence-corrected chi connectivity index (χ0v) is 27.2. The molecule has 2 fully saturated rings. The van der Waals surface area contributed by atoms with E-state index in [2.05, 4.69) is 38.5 Å². The lowest BCUT2D eigenvalue weighted by Gasteiger charge is -2.41. The topological polar surface area (TPSA) is 134 Å². The van der Waals surface area contributed by atoms with E-state index >= 15 is 0 Å². The quantitative estimate of drug-likeness (QED) is 0.232. The molecule has 0 bridgehead atoms. The molecular formula is C33H36ClF2N9O3. The van der Waals surface area contributed by atoms with Crippen LogP contribution in [-0.4, -0.2) is 85.3 Å². The molecule has 1 aromatic carbocycles. The van der Waals surface area contributed by atoms with Crippen LogP contribution in [0.15, 0.2) is 49.1 Å². The first-order valence-electron chi connectivity index (χ1n) is 16.0. The molecular weight excluding hydrogens is 644 g/mol. The van der Waals surface area contributed by atoms with Crippen molar-refractivity contribution in [3.63, 3.8) is 0 Å². The van der Waals surface area contributed by atoms with Crippen molar-refractivity contribution in [3.05, 3.63) is 59.6 Å². The van der Waals surface area contributed by atoms with Crippen LogP contribution < -0.4 is 10.1 Å². The molecule has 1 saturated heterocycles. The van der Waals surface area contributed by atoms with Crippen molar-refractivity contribution < 1.29 is 23.1 Å². The van der Waals surface area contributed by atoms with Crippen LogP contribution in [-0.2, 0) is 11.3 Å². The number of halogens is 3. The lowest BCUT2D eigenvalue weighted by molar-refractivity contribution is -0.133. The van der Waals surface area contributed by atoms with Crippen molar-refractivity contribution >= 4 is 34.7 Å². The average Bonchev–Trinajstić information content (AvgIpc) is 3.70. The summed E-state index contributed by atoms with van der Waals surface area (Å²) in [6, 6.07) is 8.65. The number of carbonyl (C=O) groups is 2. The molecule has 0 radical (unpaired) electrons. The fourth-order valence-electron chi connectivity index (χ4n) is 6.79. The fraction of sp³-hybridized carbons (Fsp3) is 0.455. The van der Waals surface area contributed by atoms with Crippen LogP contribution in [0.3, 0.4) is 0 Å². The number of piperidine rings is 1. The number of fused-ring (bicyclic) bond motifs is 1. The maximum absolute atomic E-state index is 13.5. The van der Waals surface area contributed by atoms with Gasteiger partial charge in [-0.3, -0.25) is 14.3 Å². The minimum absolute atomic E-state index is 0.0909. The van der Waals surface area contributed by atoms with Crippen molar-refractivity contribution in [1.82, 2.24) is 34.2 Å². The van der Waals surface area contributed by atoms with Crippen molar-refractivity contribution in [1.29, 1.82) is 5.26 Å². The summed E-state index contributed by atoms with van der Waals surface area (Å²) in [5.41, 5.74) is 0.554. The molecule has 15 heteroatoms. The summed E-state index contributed by atoms with van der Waals surface area (Å²) in [6.07, 6.45) is 12.8. The monoisotopic (exact) mass is 679 g/mol. The number of hydrogen-bond acceptors (Lipinski definition) is 8. The van der Waals surface area contributed by atoms with E-state index in [1.54, 1.807) is 17.2 Å². The largest absolute Gasteiger partial charge is 0.434 e. The molecule has 4 aromatic rings. The van der Waals surface area contributed by atoms with Crippen LogP contribution in [0.1, 0.15) is 55.3 Å². The average molecular weight is 680 g/mol. The number of ether oxygens (including phenoxy) is 1. The highest BCUT2D eigenvalue weighted by Gasteiger charge is 2.36. The van der Waals surface area contributed by atoms with Crippen molar-refractivity contribution in [2.24, 2.45) is 5.41 Å². The smallest absolute Gasteiger partial charge is 0.387 e. The second-order valence-electron chi connectivity index (χ2n) is 12.5. The number of nitrogens with one attached hydrogen (secondary N) is 1. The minimum atomic E-state index is -3.12. The van der Waals surface area contributed by atoms with Crippen LogP contribution in [0.4, 0.5) is 14.5 Å². The molecule has 2 amide bonds. The summed E-state index contributed by atoms with van der Waals surface area (Å²) in [5.74, 6) is -0.936. The van der Waals surface area contributed by atoms with Gasteiger partial charge in [-0.25, -0.2) is 9.50 Å². The number of alkyl halides is 2. The lowest BCUT2D eigenvalue weighted by atomic mass is 9.74. The van der Waals surface area contributed by atoms with E-state index in [0.717, 1.165) is 45.1 Å². The number of carbonyl (C=O) groups excluding carboxylic acids is 2. The van der Waals surface area contributed by atoms with Gasteiger partial charge in [0.1, 0.15) is 23.6 Å². The summed E-state index contributed by atoms with van der Waals surface area (Å²) in [6.45, 7) is -1.43. The summed E-state index contributed by atoms with van der Waals surface area (Å²) < 4.78 is 34.2. The first-order chi connectivity index (χ1) is 23.1. The van der Waals surface area contributed by atoms with Gasteiger partial charge in [-0.2, -0.15) is 24.2 Å². The summed E-state index contributed by atoms with van der Waals surface area (Å²) in [5, 5.41) is 21.6. The number of aromatic nitrogens is 5. The van der Waals surface area contributed by atoms with Crippen LogP contribution in [0.2, 0.25) is 5.02 Å². The van der Waals surface area contributed by atoms with Gasteiger partial charge in [0.05, 0.1) is 23.4 Å². The number of hydrogen-bond donors (Lipinski definition) is 1. The molecule has 1 N–H and O–H groups in total. The van der Waals surface area contributed by atoms with Gasteiger partial charge in [-0.05, 0) is 57.0 Å². The number of rotatable bonds is 10. The second kappa shape index (κ2) is 14.2. The Morgan fingerprint density at radius 2 is 2.00 bits per heavy atom. The van der Waals surface area contributed by atoms with Gasteiger partial charge in [-0.15, -0.1) is 0 Å². The molecule has 3 aromatic heterocycles. The zero-order chi connectivity index (χ0) is 33.8. The molecule has 1 saturated carbocycles. The van der Waals surface area contributed by atoms with Gasteiger partial charge in [0.2, 0.25) is 5.91 Å². The third-order valence-corrected chi connectivity index (χ3v) is 9.52. The van der Waals surface area contributed by atoms with E-state index in [-0.39, 0.29) is 57.2 Å². The molecule has 1 aliphatic heterocycles. The molecule has 2 aliphatic rings. The third kappa shape index (κ3) is 7.27. The minimum Gasteiger partial charge on any atom is -0.434 e. The Labute approximate surface area is 281 Å². The summed E-state index contributed by atoms with van der Waals surface area (Å²) >= 11 is 6.24. The second-order valence-corrected chi connectivity index (χ2v) is 12.9. The van der Waals surface area contributed by atoms with E-state index in [9.17, 15) is 23.6 Å². The molecule has 6 rings (SSSR count). The Kier molecular flexibility index (Phi) is 9.88. The van der Waals surface area contributed by atoms with E-state index < -0.39 is 12.5 Å². The highest BCUT2D eigenvalue weighted by molar-refractivity contribution is 6.31. The Morgan fingerprint density at radius 1 is 1.23 bits per heavy atom. The van der Waals surface area contributed by atoms with Crippen molar-refractivity contribution in [3.8, 4) is 23.1 Å². The summed E-state index contributed by atoms with van der Waals surface area (Å²) in [4.78, 5) is 35.2. The molecule has 0 unspecified atom stereocenters. The van der Waals surface area contributed by atoms with Gasteiger partial charge in [0.25, 0.3) is 5.91 Å².